The maximum atomic E-state index is 9.33. The molecule has 0 aromatic rings. The second-order valence-corrected chi connectivity index (χ2v) is 2.89. The smallest absolute Gasteiger partial charge is 0.427 e. The van der Waals surface area contributed by atoms with Gasteiger partial charge >= 0.3 is 7.12 Å². The molecular formula is C7H15BO2. The molecule has 1 aliphatic carbocycles. The summed E-state index contributed by atoms with van der Waals surface area (Å²) in [5.74, 6) is 0.417. The van der Waals surface area contributed by atoms with Gasteiger partial charge in [-0.25, -0.2) is 0 Å². The van der Waals surface area contributed by atoms with E-state index in [1.165, 1.54) is 12.8 Å². The summed E-state index contributed by atoms with van der Waals surface area (Å²) in [5.41, 5.74) is 0. The lowest BCUT2D eigenvalue weighted by Crippen LogP contribution is -2.23. The molecule has 0 aliphatic heterocycles. The van der Waals surface area contributed by atoms with Crippen molar-refractivity contribution in [3.8, 4) is 0 Å². The molecule has 2 nitrogen and oxygen atoms in total. The molecule has 0 bridgehead atoms. The van der Waals surface area contributed by atoms with Crippen LogP contribution >= 0.6 is 0 Å². The molecule has 0 aromatic heterocycles. The molecule has 0 unspecified atom stereocenters. The van der Waals surface area contributed by atoms with E-state index >= 15 is 0 Å². The summed E-state index contributed by atoms with van der Waals surface area (Å²) in [6, 6.07) is 0. The first kappa shape index (κ1) is 8.09. The van der Waals surface area contributed by atoms with Crippen LogP contribution in [0.2, 0.25) is 5.82 Å². The van der Waals surface area contributed by atoms with E-state index in [0.29, 0.717) is 12.4 Å². The first-order chi connectivity index (χ1) is 4.84. The molecule has 1 N–H and O–H groups in total. The molecule has 0 saturated heterocycles. The van der Waals surface area contributed by atoms with Gasteiger partial charge in [0.1, 0.15) is 0 Å². The second-order valence-electron chi connectivity index (χ2n) is 2.89. The Labute approximate surface area is 62.7 Å². The van der Waals surface area contributed by atoms with E-state index in [-0.39, 0.29) is 0 Å². The summed E-state index contributed by atoms with van der Waals surface area (Å²) in [6.45, 7) is 2.54. The number of hydrogen-bond donors (Lipinski definition) is 1. The summed E-state index contributed by atoms with van der Waals surface area (Å²) < 4.78 is 5.08. The highest BCUT2D eigenvalue weighted by molar-refractivity contribution is 6.44. The lowest BCUT2D eigenvalue weighted by molar-refractivity contribution is 0.263. The fourth-order valence-electron chi connectivity index (χ4n) is 1.55. The Hall–Kier alpha value is -0.0151. The zero-order chi connectivity index (χ0) is 7.40. The summed E-state index contributed by atoms with van der Waals surface area (Å²) >= 11 is 0. The van der Waals surface area contributed by atoms with Gasteiger partial charge < -0.3 is 9.68 Å². The van der Waals surface area contributed by atoms with E-state index in [1.54, 1.807) is 0 Å². The minimum atomic E-state index is -0.493. The van der Waals surface area contributed by atoms with Crippen molar-refractivity contribution in [2.45, 2.75) is 38.4 Å². The van der Waals surface area contributed by atoms with Crippen LogP contribution in [0.15, 0.2) is 0 Å². The molecule has 0 amide bonds. The van der Waals surface area contributed by atoms with E-state index in [1.807, 2.05) is 6.92 Å². The van der Waals surface area contributed by atoms with Crippen molar-refractivity contribution in [1.29, 1.82) is 0 Å². The van der Waals surface area contributed by atoms with Gasteiger partial charge in [-0.15, -0.1) is 0 Å². The highest BCUT2D eigenvalue weighted by atomic mass is 16.5. The van der Waals surface area contributed by atoms with Gasteiger partial charge in [0, 0.05) is 6.61 Å². The van der Waals surface area contributed by atoms with Crippen LogP contribution in [0.4, 0.5) is 0 Å². The van der Waals surface area contributed by atoms with Crippen molar-refractivity contribution >= 4 is 7.12 Å². The van der Waals surface area contributed by atoms with Gasteiger partial charge in [0.25, 0.3) is 0 Å². The van der Waals surface area contributed by atoms with Crippen LogP contribution in [0, 0.1) is 0 Å². The standard InChI is InChI=1S/C7H15BO2/c1-2-10-8(9)7-5-3-4-6-7/h7,9H,2-6H2,1H3. The third-order valence-electron chi connectivity index (χ3n) is 2.14. The molecule has 1 fully saturated rings. The minimum absolute atomic E-state index is 0.417. The van der Waals surface area contributed by atoms with Crippen LogP contribution in [0.5, 0.6) is 0 Å². The average Bonchev–Trinajstić information content (AvgIpc) is 2.38. The Balaban J connectivity index is 2.18. The SMILES string of the molecule is CCOB(O)C1CCCC1. The highest BCUT2D eigenvalue weighted by Gasteiger charge is 2.28. The monoisotopic (exact) mass is 142 g/mol. The lowest BCUT2D eigenvalue weighted by Gasteiger charge is -2.11. The van der Waals surface area contributed by atoms with E-state index < -0.39 is 7.12 Å². The van der Waals surface area contributed by atoms with Crippen molar-refractivity contribution in [1.82, 2.24) is 0 Å². The Kier molecular flexibility index (Phi) is 3.22. The maximum absolute atomic E-state index is 9.33. The molecule has 0 aromatic carbocycles. The quantitative estimate of drug-likeness (QED) is 0.604. The Morgan fingerprint density at radius 1 is 1.50 bits per heavy atom. The topological polar surface area (TPSA) is 29.5 Å². The molecule has 0 atom stereocenters. The Morgan fingerprint density at radius 2 is 2.10 bits per heavy atom. The predicted molar refractivity (Wildman–Crippen MR) is 41.8 cm³/mol. The van der Waals surface area contributed by atoms with Gasteiger partial charge in [-0.05, 0) is 12.7 Å². The van der Waals surface area contributed by atoms with Crippen LogP contribution in [-0.4, -0.2) is 18.7 Å². The minimum Gasteiger partial charge on any atom is -0.427 e. The van der Waals surface area contributed by atoms with Crippen LogP contribution in [-0.2, 0) is 4.65 Å². The van der Waals surface area contributed by atoms with E-state index in [9.17, 15) is 5.02 Å². The second kappa shape index (κ2) is 3.99. The molecule has 58 valence electrons. The van der Waals surface area contributed by atoms with E-state index in [4.69, 9.17) is 4.65 Å². The lowest BCUT2D eigenvalue weighted by atomic mass is 9.71. The van der Waals surface area contributed by atoms with Gasteiger partial charge in [0.15, 0.2) is 0 Å². The molecule has 3 heteroatoms. The first-order valence-corrected chi connectivity index (χ1v) is 4.14. The fourth-order valence-corrected chi connectivity index (χ4v) is 1.55. The average molecular weight is 142 g/mol. The highest BCUT2D eigenvalue weighted by Crippen LogP contribution is 2.31. The normalized spacial score (nSPS) is 19.8. The largest absolute Gasteiger partial charge is 0.457 e. The van der Waals surface area contributed by atoms with Crippen LogP contribution < -0.4 is 0 Å². The van der Waals surface area contributed by atoms with Crippen molar-refractivity contribution in [2.75, 3.05) is 6.61 Å². The third kappa shape index (κ3) is 1.99. The zero-order valence-electron chi connectivity index (χ0n) is 6.55. The van der Waals surface area contributed by atoms with Gasteiger partial charge in [0.05, 0.1) is 0 Å². The fraction of sp³-hybridized carbons (Fsp3) is 1.00. The molecule has 1 saturated carbocycles. The number of hydrogen-bond acceptors (Lipinski definition) is 2. The third-order valence-corrected chi connectivity index (χ3v) is 2.14. The van der Waals surface area contributed by atoms with Gasteiger partial charge in [-0.2, -0.15) is 0 Å². The van der Waals surface area contributed by atoms with Crippen LogP contribution in [0.1, 0.15) is 32.6 Å². The van der Waals surface area contributed by atoms with Crippen LogP contribution in [0.3, 0.4) is 0 Å². The molecule has 0 radical (unpaired) electrons. The summed E-state index contributed by atoms with van der Waals surface area (Å²) in [6.07, 6.45) is 4.80. The van der Waals surface area contributed by atoms with Gasteiger partial charge in [-0.1, -0.05) is 25.7 Å². The maximum Gasteiger partial charge on any atom is 0.457 e. The van der Waals surface area contributed by atoms with Crippen LogP contribution in [0.25, 0.3) is 0 Å². The molecule has 1 rings (SSSR count). The molecule has 10 heavy (non-hydrogen) atoms. The molecule has 0 heterocycles. The van der Waals surface area contributed by atoms with Crippen molar-refractivity contribution in [3.05, 3.63) is 0 Å². The summed E-state index contributed by atoms with van der Waals surface area (Å²) in [4.78, 5) is 0. The Morgan fingerprint density at radius 3 is 2.60 bits per heavy atom. The van der Waals surface area contributed by atoms with Gasteiger partial charge in [-0.3, -0.25) is 0 Å². The van der Waals surface area contributed by atoms with Crippen molar-refractivity contribution < 1.29 is 9.68 Å². The Bertz CT molecular complexity index is 91.6. The zero-order valence-corrected chi connectivity index (χ0v) is 6.55. The first-order valence-electron chi connectivity index (χ1n) is 4.14. The predicted octanol–water partition coefficient (Wildman–Crippen LogP) is 1.45. The van der Waals surface area contributed by atoms with Gasteiger partial charge in [0.2, 0.25) is 0 Å². The van der Waals surface area contributed by atoms with Crippen molar-refractivity contribution in [2.24, 2.45) is 0 Å². The summed E-state index contributed by atoms with van der Waals surface area (Å²) in [7, 11) is -0.493. The van der Waals surface area contributed by atoms with Crippen molar-refractivity contribution in [3.63, 3.8) is 0 Å². The molecule has 1 aliphatic rings. The molecule has 0 spiro atoms. The molecular weight excluding hydrogens is 127 g/mol. The van der Waals surface area contributed by atoms with E-state index in [2.05, 4.69) is 0 Å². The summed E-state index contributed by atoms with van der Waals surface area (Å²) in [5, 5.41) is 9.33. The van der Waals surface area contributed by atoms with E-state index in [0.717, 1.165) is 12.8 Å². The number of rotatable bonds is 3.